The first-order chi connectivity index (χ1) is 19.0. The van der Waals surface area contributed by atoms with E-state index in [1.165, 1.54) is 28.6 Å². The highest BCUT2D eigenvalue weighted by Crippen LogP contribution is 2.71. The predicted molar refractivity (Wildman–Crippen MR) is 144 cm³/mol. The third kappa shape index (κ3) is 5.28. The lowest BCUT2D eigenvalue weighted by atomic mass is 9.38. The molecule has 1 aliphatic heterocycles. The lowest BCUT2D eigenvalue weighted by Crippen LogP contribution is -2.78. The lowest BCUT2D eigenvalue weighted by Gasteiger charge is -2.73. The summed E-state index contributed by atoms with van der Waals surface area (Å²) < 4.78 is 81.4. The molecule has 2 atom stereocenters. The van der Waals surface area contributed by atoms with E-state index in [-0.39, 0.29) is 16.5 Å². The number of benzene rings is 2. The molecule has 3 saturated carbocycles. The summed E-state index contributed by atoms with van der Waals surface area (Å²) in [6, 6.07) is 11.2. The van der Waals surface area contributed by atoms with Crippen LogP contribution in [-0.4, -0.2) is 58.8 Å². The Kier molecular flexibility index (Phi) is 7.32. The number of alkyl halides is 3. The van der Waals surface area contributed by atoms with Crippen molar-refractivity contribution in [3.05, 3.63) is 64.9 Å². The van der Waals surface area contributed by atoms with E-state index >= 15 is 0 Å². The van der Waals surface area contributed by atoms with Gasteiger partial charge in [-0.1, -0.05) is 35.9 Å². The highest BCUT2D eigenvalue weighted by atomic mass is 35.5. The van der Waals surface area contributed by atoms with Crippen molar-refractivity contribution in [1.82, 2.24) is 9.62 Å². The van der Waals surface area contributed by atoms with E-state index in [1.54, 1.807) is 38.1 Å². The maximum absolute atomic E-state index is 14.2. The van der Waals surface area contributed by atoms with Crippen molar-refractivity contribution < 1.29 is 35.9 Å². The Balaban J connectivity index is 1.36. The third-order valence-corrected chi connectivity index (χ3v) is 10.7. The third-order valence-electron chi connectivity index (χ3n) is 8.40. The van der Waals surface area contributed by atoms with Gasteiger partial charge in [0.25, 0.3) is 0 Å². The Hall–Kier alpha value is -2.54. The van der Waals surface area contributed by atoms with Crippen LogP contribution >= 0.6 is 11.6 Å². The molecule has 4 aliphatic rings. The van der Waals surface area contributed by atoms with Crippen LogP contribution in [0.5, 0.6) is 0 Å². The van der Waals surface area contributed by atoms with Crippen molar-refractivity contribution in [2.75, 3.05) is 0 Å². The molecule has 0 saturated heterocycles. The van der Waals surface area contributed by atoms with E-state index in [0.29, 0.717) is 30.7 Å². The Bertz CT molecular complexity index is 1480. The summed E-state index contributed by atoms with van der Waals surface area (Å²) in [6.07, 6.45) is -7.37. The van der Waals surface area contributed by atoms with E-state index in [4.69, 9.17) is 11.6 Å². The van der Waals surface area contributed by atoms with Crippen LogP contribution < -0.4 is 5.32 Å². The monoisotopic (exact) mass is 615 g/mol. The zero-order valence-electron chi connectivity index (χ0n) is 22.4. The quantitative estimate of drug-likeness (QED) is 0.366. The van der Waals surface area contributed by atoms with Crippen LogP contribution in [0.3, 0.4) is 0 Å². The SMILES string of the molecule is CC1(C)NC(C23CC(N(Cc4ccc(Cl)c(F)c4)S(=O)(=O)c4ccccc4)(C2)C3)=N[C@H]1C(=O)CCC(O)C(F)(F)F. The van der Waals surface area contributed by atoms with Gasteiger partial charge in [-0.2, -0.15) is 17.5 Å². The fourth-order valence-corrected chi connectivity index (χ4v) is 8.20. The summed E-state index contributed by atoms with van der Waals surface area (Å²) in [7, 11) is -3.98. The van der Waals surface area contributed by atoms with Crippen molar-refractivity contribution >= 4 is 33.2 Å². The van der Waals surface area contributed by atoms with Gasteiger partial charge in [-0.15, -0.1) is 0 Å². The number of ketones is 1. The summed E-state index contributed by atoms with van der Waals surface area (Å²) in [5.74, 6) is -0.630. The summed E-state index contributed by atoms with van der Waals surface area (Å²) in [4.78, 5) is 17.5. The number of nitrogens with one attached hydrogen (secondary N) is 1. The minimum Gasteiger partial charge on any atom is -0.384 e. The second kappa shape index (κ2) is 10.0. The van der Waals surface area contributed by atoms with E-state index in [0.717, 1.165) is 0 Å². The second-order valence-corrected chi connectivity index (χ2v) is 14.2. The average molecular weight is 616 g/mol. The van der Waals surface area contributed by atoms with Crippen molar-refractivity contribution in [1.29, 1.82) is 0 Å². The van der Waals surface area contributed by atoms with Gasteiger partial charge in [0, 0.05) is 23.9 Å². The Morgan fingerprint density at radius 3 is 2.39 bits per heavy atom. The molecule has 13 heteroatoms. The molecule has 0 amide bonds. The van der Waals surface area contributed by atoms with Crippen molar-refractivity contribution in [3.63, 3.8) is 0 Å². The Morgan fingerprint density at radius 1 is 1.17 bits per heavy atom. The predicted octanol–water partition coefficient (Wildman–Crippen LogP) is 5.01. The molecule has 0 aromatic heterocycles. The molecule has 2 aromatic rings. The van der Waals surface area contributed by atoms with E-state index < -0.39 is 69.3 Å². The van der Waals surface area contributed by atoms with Crippen LogP contribution in [0.4, 0.5) is 17.6 Å². The zero-order valence-corrected chi connectivity index (χ0v) is 24.0. The number of carbonyl (C=O) groups excluding carboxylic acids is 1. The molecule has 1 unspecified atom stereocenters. The van der Waals surface area contributed by atoms with Gasteiger partial charge in [-0.25, -0.2) is 12.8 Å². The van der Waals surface area contributed by atoms with Gasteiger partial charge in [0.05, 0.1) is 15.5 Å². The van der Waals surface area contributed by atoms with Crippen LogP contribution in [0.2, 0.25) is 5.02 Å². The number of carbonyl (C=O) groups is 1. The van der Waals surface area contributed by atoms with Crippen LogP contribution in [0.1, 0.15) is 51.5 Å². The number of aliphatic hydroxyl groups is 1. The molecule has 3 aliphatic carbocycles. The minimum atomic E-state index is -4.80. The second-order valence-electron chi connectivity index (χ2n) is 11.9. The van der Waals surface area contributed by atoms with Crippen molar-refractivity contribution in [2.45, 2.75) is 86.8 Å². The van der Waals surface area contributed by atoms with Gasteiger partial charge in [0.2, 0.25) is 10.0 Å². The molecule has 41 heavy (non-hydrogen) atoms. The van der Waals surface area contributed by atoms with E-state index in [1.807, 2.05) is 0 Å². The van der Waals surface area contributed by atoms with Gasteiger partial charge < -0.3 is 10.4 Å². The largest absolute Gasteiger partial charge is 0.414 e. The molecule has 7 nitrogen and oxygen atoms in total. The van der Waals surface area contributed by atoms with Gasteiger partial charge in [0.1, 0.15) is 23.8 Å². The van der Waals surface area contributed by atoms with Crippen molar-refractivity contribution in [2.24, 2.45) is 10.4 Å². The van der Waals surface area contributed by atoms with Gasteiger partial charge in [-0.3, -0.25) is 9.79 Å². The molecule has 0 spiro atoms. The molecular formula is C28H30ClF4N3O4S. The van der Waals surface area contributed by atoms with E-state index in [2.05, 4.69) is 10.3 Å². The summed E-state index contributed by atoms with van der Waals surface area (Å²) in [6.45, 7) is 3.39. The number of hydrogen-bond donors (Lipinski definition) is 2. The molecule has 3 fully saturated rings. The van der Waals surface area contributed by atoms with Crippen LogP contribution in [0, 0.1) is 11.2 Å². The topological polar surface area (TPSA) is 99.1 Å². The number of amidine groups is 1. The van der Waals surface area contributed by atoms with Crippen molar-refractivity contribution in [3.8, 4) is 0 Å². The number of sulfonamides is 1. The molecule has 2 aromatic carbocycles. The maximum Gasteiger partial charge on any atom is 0.414 e. The number of halogens is 5. The fraction of sp³-hybridized carbons (Fsp3) is 0.500. The van der Waals surface area contributed by atoms with Crippen LogP contribution in [-0.2, 0) is 21.4 Å². The molecule has 6 rings (SSSR count). The first-order valence-corrected chi connectivity index (χ1v) is 15.0. The summed E-state index contributed by atoms with van der Waals surface area (Å²) >= 11 is 5.83. The first kappa shape index (κ1) is 29.9. The number of hydrogen-bond acceptors (Lipinski definition) is 6. The fourth-order valence-electron chi connectivity index (χ4n) is 6.30. The average Bonchev–Trinajstić information content (AvgIpc) is 3.17. The molecule has 2 bridgehead atoms. The Morgan fingerprint density at radius 2 is 1.80 bits per heavy atom. The number of aliphatic hydroxyl groups excluding tert-OH is 1. The standard InChI is InChI=1S/C28H30ClF4N3O4S/c1-25(2)23(21(37)10-11-22(38)28(31,32)33)34-24(35-25)26-14-27(15-26,16-26)36(13-17-8-9-19(29)20(30)12-17)41(39,40)18-6-4-3-5-7-18/h3-9,12,22-23,38H,10-11,13-16H2,1-2H3,(H,34,35)/t22?,23-,26?,27?/m0/s1. The smallest absolute Gasteiger partial charge is 0.384 e. The minimum absolute atomic E-state index is 0.0689. The van der Waals surface area contributed by atoms with Crippen LogP contribution in [0.25, 0.3) is 0 Å². The molecular weight excluding hydrogens is 586 g/mol. The maximum atomic E-state index is 14.2. The normalized spacial score (nSPS) is 27.4. The van der Waals surface area contributed by atoms with Crippen LogP contribution in [0.15, 0.2) is 58.4 Å². The summed E-state index contributed by atoms with van der Waals surface area (Å²) in [5, 5.41) is 12.5. The number of aliphatic imine (C=N–C) groups is 1. The van der Waals surface area contributed by atoms with Gasteiger partial charge in [0.15, 0.2) is 5.78 Å². The highest BCUT2D eigenvalue weighted by Gasteiger charge is 2.75. The highest BCUT2D eigenvalue weighted by molar-refractivity contribution is 7.89. The van der Waals surface area contributed by atoms with Gasteiger partial charge in [-0.05, 0) is 69.4 Å². The molecule has 0 radical (unpaired) electrons. The zero-order chi connectivity index (χ0) is 30.0. The first-order valence-electron chi connectivity index (χ1n) is 13.2. The number of rotatable bonds is 10. The molecule has 1 heterocycles. The summed E-state index contributed by atoms with van der Waals surface area (Å²) in [5.41, 5.74) is -1.69. The number of Topliss-reactive ketones (excluding diaryl/α,β-unsaturated/α-hetero) is 1. The van der Waals surface area contributed by atoms with Gasteiger partial charge >= 0.3 is 6.18 Å². The van der Waals surface area contributed by atoms with E-state index in [9.17, 15) is 35.9 Å². The molecule has 2 N–H and O–H groups in total. The lowest BCUT2D eigenvalue weighted by molar-refractivity contribution is -0.205. The molecule has 222 valence electrons. The Labute approximate surface area is 240 Å². The number of nitrogens with zero attached hydrogens (tertiary/aromatic N) is 2.